The van der Waals surface area contributed by atoms with Crippen LogP contribution in [0.2, 0.25) is 0 Å². The summed E-state index contributed by atoms with van der Waals surface area (Å²) in [5.41, 5.74) is 1.52. The number of carbonyl (C=O) groups is 1. The average Bonchev–Trinajstić information content (AvgIpc) is 2.21. The van der Waals surface area contributed by atoms with Gasteiger partial charge in [-0.1, -0.05) is 24.6 Å². The lowest BCUT2D eigenvalue weighted by Gasteiger charge is -2.18. The van der Waals surface area contributed by atoms with Crippen molar-refractivity contribution in [3.05, 3.63) is 35.1 Å². The van der Waals surface area contributed by atoms with Gasteiger partial charge in [0.1, 0.15) is 5.82 Å². The first-order valence-electron chi connectivity index (χ1n) is 5.22. The van der Waals surface area contributed by atoms with Gasteiger partial charge in [0.25, 0.3) is 0 Å². The van der Waals surface area contributed by atoms with Crippen molar-refractivity contribution in [3.63, 3.8) is 0 Å². The molecule has 0 radical (unpaired) electrons. The molecule has 0 bridgehead atoms. The SMILES string of the molecule is CCN(CC(=O)O)Cc1cc(C)ccc1F. The van der Waals surface area contributed by atoms with Crippen molar-refractivity contribution < 1.29 is 14.3 Å². The van der Waals surface area contributed by atoms with Crippen molar-refractivity contribution in [3.8, 4) is 0 Å². The Morgan fingerprint density at radius 1 is 1.50 bits per heavy atom. The highest BCUT2D eigenvalue weighted by molar-refractivity contribution is 5.69. The molecule has 0 amide bonds. The van der Waals surface area contributed by atoms with Crippen molar-refractivity contribution in [1.29, 1.82) is 0 Å². The third kappa shape index (κ3) is 3.62. The van der Waals surface area contributed by atoms with Crippen LogP contribution in [0.1, 0.15) is 18.1 Å². The first-order chi connectivity index (χ1) is 7.52. The standard InChI is InChI=1S/C12H16FNO2/c1-3-14(8-12(15)16)7-10-6-9(2)4-5-11(10)13/h4-6H,3,7-8H2,1-2H3,(H,15,16). The van der Waals surface area contributed by atoms with Crippen LogP contribution in [-0.4, -0.2) is 29.1 Å². The monoisotopic (exact) mass is 225 g/mol. The summed E-state index contributed by atoms with van der Waals surface area (Å²) in [7, 11) is 0. The van der Waals surface area contributed by atoms with E-state index in [1.165, 1.54) is 6.07 Å². The Kier molecular flexibility index (Phi) is 4.43. The molecule has 3 nitrogen and oxygen atoms in total. The quantitative estimate of drug-likeness (QED) is 0.833. The molecule has 0 saturated carbocycles. The predicted molar refractivity (Wildman–Crippen MR) is 59.7 cm³/mol. The molecular formula is C12H16FNO2. The zero-order chi connectivity index (χ0) is 12.1. The number of carboxylic acids is 1. The Morgan fingerprint density at radius 3 is 2.75 bits per heavy atom. The van der Waals surface area contributed by atoms with E-state index >= 15 is 0 Å². The van der Waals surface area contributed by atoms with Gasteiger partial charge in [-0.3, -0.25) is 9.69 Å². The van der Waals surface area contributed by atoms with Gasteiger partial charge in [-0.15, -0.1) is 0 Å². The fourth-order valence-corrected chi connectivity index (χ4v) is 1.54. The molecule has 0 spiro atoms. The summed E-state index contributed by atoms with van der Waals surface area (Å²) in [6.07, 6.45) is 0. The van der Waals surface area contributed by atoms with Crippen molar-refractivity contribution in [1.82, 2.24) is 4.90 Å². The minimum absolute atomic E-state index is 0.0656. The number of carboxylic acid groups (broad SMARTS) is 1. The molecule has 0 atom stereocenters. The molecule has 16 heavy (non-hydrogen) atoms. The van der Waals surface area contributed by atoms with Gasteiger partial charge in [0.2, 0.25) is 0 Å². The molecule has 88 valence electrons. The largest absolute Gasteiger partial charge is 0.480 e. The van der Waals surface area contributed by atoms with E-state index in [0.717, 1.165) is 5.56 Å². The smallest absolute Gasteiger partial charge is 0.317 e. The van der Waals surface area contributed by atoms with Crippen molar-refractivity contribution in [2.45, 2.75) is 20.4 Å². The van der Waals surface area contributed by atoms with Crippen molar-refractivity contribution >= 4 is 5.97 Å². The zero-order valence-corrected chi connectivity index (χ0v) is 9.53. The summed E-state index contributed by atoms with van der Waals surface area (Å²) < 4.78 is 13.4. The third-order valence-electron chi connectivity index (χ3n) is 2.40. The second-order valence-electron chi connectivity index (χ2n) is 3.79. The predicted octanol–water partition coefficient (Wildman–Crippen LogP) is 2.04. The highest BCUT2D eigenvalue weighted by Gasteiger charge is 2.10. The van der Waals surface area contributed by atoms with Crippen LogP contribution in [-0.2, 0) is 11.3 Å². The molecule has 4 heteroatoms. The third-order valence-corrected chi connectivity index (χ3v) is 2.40. The second-order valence-corrected chi connectivity index (χ2v) is 3.79. The number of halogens is 1. The molecule has 0 aromatic heterocycles. The Hall–Kier alpha value is -1.42. The van der Waals surface area contributed by atoms with E-state index in [4.69, 9.17) is 5.11 Å². The van der Waals surface area contributed by atoms with E-state index < -0.39 is 5.97 Å². The molecule has 0 unspecified atom stereocenters. The van der Waals surface area contributed by atoms with E-state index in [1.54, 1.807) is 17.0 Å². The Labute approximate surface area is 94.5 Å². The first-order valence-corrected chi connectivity index (χ1v) is 5.22. The van der Waals surface area contributed by atoms with Crippen molar-refractivity contribution in [2.24, 2.45) is 0 Å². The van der Waals surface area contributed by atoms with Gasteiger partial charge in [0, 0.05) is 12.1 Å². The number of likely N-dealkylation sites (N-methyl/N-ethyl adjacent to an activating group) is 1. The van der Waals surface area contributed by atoms with Gasteiger partial charge in [-0.2, -0.15) is 0 Å². The van der Waals surface area contributed by atoms with Gasteiger partial charge >= 0.3 is 5.97 Å². The number of rotatable bonds is 5. The normalized spacial score (nSPS) is 10.8. The fourth-order valence-electron chi connectivity index (χ4n) is 1.54. The molecule has 1 aromatic rings. The van der Waals surface area contributed by atoms with Gasteiger partial charge in [-0.25, -0.2) is 4.39 Å². The van der Waals surface area contributed by atoms with Crippen LogP contribution in [0.15, 0.2) is 18.2 Å². The number of hydrogen-bond acceptors (Lipinski definition) is 2. The molecule has 1 aromatic carbocycles. The van der Waals surface area contributed by atoms with Gasteiger partial charge < -0.3 is 5.11 Å². The molecule has 0 saturated heterocycles. The lowest BCUT2D eigenvalue weighted by Crippen LogP contribution is -2.29. The number of nitrogens with zero attached hydrogens (tertiary/aromatic N) is 1. The number of aliphatic carboxylic acids is 1. The summed E-state index contributed by atoms with van der Waals surface area (Å²) in [5, 5.41) is 8.68. The van der Waals surface area contributed by atoms with Crippen LogP contribution in [0.25, 0.3) is 0 Å². The maximum Gasteiger partial charge on any atom is 0.317 e. The van der Waals surface area contributed by atoms with Gasteiger partial charge in [0.05, 0.1) is 6.54 Å². The highest BCUT2D eigenvalue weighted by Crippen LogP contribution is 2.12. The minimum atomic E-state index is -0.894. The zero-order valence-electron chi connectivity index (χ0n) is 9.53. The van der Waals surface area contributed by atoms with E-state index in [1.807, 2.05) is 13.8 Å². The fraction of sp³-hybridized carbons (Fsp3) is 0.417. The summed E-state index contributed by atoms with van der Waals surface area (Å²) >= 11 is 0. The van der Waals surface area contributed by atoms with Crippen LogP contribution in [0.3, 0.4) is 0 Å². The summed E-state index contributed by atoms with van der Waals surface area (Å²) in [6, 6.07) is 4.87. The Morgan fingerprint density at radius 2 is 2.19 bits per heavy atom. The van der Waals surface area contributed by atoms with Crippen LogP contribution < -0.4 is 0 Å². The van der Waals surface area contributed by atoms with E-state index in [2.05, 4.69) is 0 Å². The molecule has 0 fully saturated rings. The highest BCUT2D eigenvalue weighted by atomic mass is 19.1. The molecule has 0 heterocycles. The molecule has 1 N–H and O–H groups in total. The van der Waals surface area contributed by atoms with Gasteiger partial charge in [0.15, 0.2) is 0 Å². The molecule has 0 aliphatic heterocycles. The lowest BCUT2D eigenvalue weighted by atomic mass is 10.1. The Bertz CT molecular complexity index is 379. The summed E-state index contributed by atoms with van der Waals surface area (Å²) in [5.74, 6) is -1.18. The summed E-state index contributed by atoms with van der Waals surface area (Å²) in [4.78, 5) is 12.3. The molecule has 0 aliphatic rings. The van der Waals surface area contributed by atoms with Crippen LogP contribution >= 0.6 is 0 Å². The van der Waals surface area contributed by atoms with Crippen molar-refractivity contribution in [2.75, 3.05) is 13.1 Å². The van der Waals surface area contributed by atoms with E-state index in [0.29, 0.717) is 18.7 Å². The topological polar surface area (TPSA) is 40.5 Å². The Balaban J connectivity index is 2.77. The van der Waals surface area contributed by atoms with E-state index in [-0.39, 0.29) is 12.4 Å². The number of aryl methyl sites for hydroxylation is 1. The van der Waals surface area contributed by atoms with Crippen LogP contribution in [0.4, 0.5) is 4.39 Å². The second kappa shape index (κ2) is 5.61. The van der Waals surface area contributed by atoms with Crippen LogP contribution in [0, 0.1) is 12.7 Å². The molecular weight excluding hydrogens is 209 g/mol. The van der Waals surface area contributed by atoms with E-state index in [9.17, 15) is 9.18 Å². The lowest BCUT2D eigenvalue weighted by molar-refractivity contribution is -0.138. The molecule has 0 aliphatic carbocycles. The van der Waals surface area contributed by atoms with Gasteiger partial charge in [-0.05, 0) is 19.5 Å². The maximum atomic E-state index is 13.4. The summed E-state index contributed by atoms with van der Waals surface area (Å²) in [6.45, 7) is 4.59. The first kappa shape index (κ1) is 12.6. The number of benzene rings is 1. The maximum absolute atomic E-state index is 13.4. The number of hydrogen-bond donors (Lipinski definition) is 1. The van der Waals surface area contributed by atoms with Crippen LogP contribution in [0.5, 0.6) is 0 Å². The average molecular weight is 225 g/mol. The molecule has 1 rings (SSSR count). The minimum Gasteiger partial charge on any atom is -0.480 e.